The van der Waals surface area contributed by atoms with Gasteiger partial charge in [-0.05, 0) is 17.7 Å². The second-order valence-electron chi connectivity index (χ2n) is 7.05. The minimum absolute atomic E-state index is 0.266. The number of carbonyl (C=O) groups is 1. The largest absolute Gasteiger partial charge is 0.497 e. The predicted octanol–water partition coefficient (Wildman–Crippen LogP) is 5.62. The Morgan fingerprint density at radius 1 is 1.21 bits per heavy atom. The quantitative estimate of drug-likeness (QED) is 0.451. The van der Waals surface area contributed by atoms with Gasteiger partial charge in [0.05, 0.1) is 24.4 Å². The molecule has 1 amide bonds. The number of ether oxygens (including phenoxy) is 1. The highest BCUT2D eigenvalue weighted by atomic mass is 32.1. The molecule has 0 radical (unpaired) electrons. The highest BCUT2D eigenvalue weighted by Gasteiger charge is 2.22. The van der Waals surface area contributed by atoms with Crippen LogP contribution in [0.3, 0.4) is 0 Å². The molecule has 0 atom stereocenters. The fourth-order valence-corrected chi connectivity index (χ4v) is 4.01. The molecule has 4 rings (SSSR count). The van der Waals surface area contributed by atoms with Crippen molar-refractivity contribution in [3.8, 4) is 16.9 Å². The van der Waals surface area contributed by atoms with Crippen LogP contribution >= 0.6 is 11.3 Å². The standard InChI is InChI=1S/C23H22N2O3S/c1-14(2)23-25-16(13-29-23)12-24-22(26)21-20(15-7-5-4-6-8-15)18-10-9-17(27-3)11-19(18)28-21/h4-11,13-14H,12H2,1-3H3,(H,24,26). The van der Waals surface area contributed by atoms with E-state index in [9.17, 15) is 4.79 Å². The maximum absolute atomic E-state index is 13.0. The van der Waals surface area contributed by atoms with Crippen LogP contribution in [0.15, 0.2) is 58.3 Å². The third kappa shape index (κ3) is 3.89. The lowest BCUT2D eigenvalue weighted by Gasteiger charge is -2.05. The zero-order chi connectivity index (χ0) is 20.4. The molecule has 1 N–H and O–H groups in total. The summed E-state index contributed by atoms with van der Waals surface area (Å²) in [7, 11) is 1.61. The highest BCUT2D eigenvalue weighted by Crippen LogP contribution is 2.36. The average Bonchev–Trinajstić information content (AvgIpc) is 3.37. The van der Waals surface area contributed by atoms with Crippen LogP contribution in [0.1, 0.15) is 41.0 Å². The van der Waals surface area contributed by atoms with Gasteiger partial charge >= 0.3 is 0 Å². The Morgan fingerprint density at radius 2 is 2.00 bits per heavy atom. The second-order valence-corrected chi connectivity index (χ2v) is 7.94. The number of hydrogen-bond donors (Lipinski definition) is 1. The lowest BCUT2D eigenvalue weighted by Crippen LogP contribution is -2.23. The van der Waals surface area contributed by atoms with Crippen LogP contribution in [0.5, 0.6) is 5.75 Å². The molecule has 0 unspecified atom stereocenters. The van der Waals surface area contributed by atoms with Crippen molar-refractivity contribution >= 4 is 28.2 Å². The van der Waals surface area contributed by atoms with Gasteiger partial charge in [0.2, 0.25) is 5.76 Å². The number of nitrogens with one attached hydrogen (secondary N) is 1. The molecule has 148 valence electrons. The fourth-order valence-electron chi connectivity index (χ4n) is 3.18. The van der Waals surface area contributed by atoms with Crippen molar-refractivity contribution in [2.24, 2.45) is 0 Å². The summed E-state index contributed by atoms with van der Waals surface area (Å²) in [5.41, 5.74) is 3.18. The maximum Gasteiger partial charge on any atom is 0.288 e. The van der Waals surface area contributed by atoms with Gasteiger partial charge in [-0.25, -0.2) is 4.98 Å². The number of benzene rings is 2. The first-order valence-electron chi connectivity index (χ1n) is 9.45. The first-order valence-corrected chi connectivity index (χ1v) is 10.3. The Bertz CT molecular complexity index is 1150. The number of hydrogen-bond acceptors (Lipinski definition) is 5. The van der Waals surface area contributed by atoms with E-state index in [1.807, 2.05) is 47.8 Å². The van der Waals surface area contributed by atoms with Crippen LogP contribution in [0.4, 0.5) is 0 Å². The number of aromatic nitrogens is 1. The van der Waals surface area contributed by atoms with Gasteiger partial charge in [0.25, 0.3) is 5.91 Å². The fraction of sp³-hybridized carbons (Fsp3) is 0.217. The second kappa shape index (κ2) is 8.09. The molecule has 0 bridgehead atoms. The number of thiazole rings is 1. The Labute approximate surface area is 173 Å². The molecular weight excluding hydrogens is 384 g/mol. The SMILES string of the molecule is COc1ccc2c(-c3ccccc3)c(C(=O)NCc3csc(C(C)C)n3)oc2c1. The van der Waals surface area contributed by atoms with E-state index >= 15 is 0 Å². The first-order chi connectivity index (χ1) is 14.1. The van der Waals surface area contributed by atoms with Crippen LogP contribution in [-0.2, 0) is 6.54 Å². The molecule has 2 aromatic carbocycles. The smallest absolute Gasteiger partial charge is 0.288 e. The first kappa shape index (κ1) is 19.2. The van der Waals surface area contributed by atoms with Crippen molar-refractivity contribution in [3.05, 3.63) is 70.4 Å². The number of nitrogens with zero attached hydrogens (tertiary/aromatic N) is 1. The molecular formula is C23H22N2O3S. The summed E-state index contributed by atoms with van der Waals surface area (Å²) in [4.78, 5) is 17.6. The van der Waals surface area contributed by atoms with E-state index in [1.54, 1.807) is 24.5 Å². The van der Waals surface area contributed by atoms with E-state index in [4.69, 9.17) is 9.15 Å². The summed E-state index contributed by atoms with van der Waals surface area (Å²) >= 11 is 1.61. The summed E-state index contributed by atoms with van der Waals surface area (Å²) in [6, 6.07) is 15.4. The number of amides is 1. The summed E-state index contributed by atoms with van der Waals surface area (Å²) in [5.74, 6) is 1.08. The number of furan rings is 1. The minimum atomic E-state index is -0.266. The van der Waals surface area contributed by atoms with E-state index in [0.717, 1.165) is 27.2 Å². The number of methoxy groups -OCH3 is 1. The topological polar surface area (TPSA) is 64.4 Å². The van der Waals surface area contributed by atoms with Crippen LogP contribution < -0.4 is 10.1 Å². The zero-order valence-electron chi connectivity index (χ0n) is 16.6. The molecule has 0 saturated carbocycles. The zero-order valence-corrected chi connectivity index (χ0v) is 17.4. The molecule has 0 aliphatic rings. The Morgan fingerprint density at radius 3 is 2.69 bits per heavy atom. The van der Waals surface area contributed by atoms with Gasteiger partial charge in [0.1, 0.15) is 11.3 Å². The van der Waals surface area contributed by atoms with Crippen LogP contribution in [0.2, 0.25) is 0 Å². The molecule has 29 heavy (non-hydrogen) atoms. The van der Waals surface area contributed by atoms with Gasteiger partial charge < -0.3 is 14.5 Å². The normalized spacial score (nSPS) is 11.2. The van der Waals surface area contributed by atoms with Gasteiger partial charge in [-0.2, -0.15) is 0 Å². The van der Waals surface area contributed by atoms with Crippen molar-refractivity contribution in [2.75, 3.05) is 7.11 Å². The van der Waals surface area contributed by atoms with Gasteiger partial charge in [0.15, 0.2) is 0 Å². The maximum atomic E-state index is 13.0. The third-order valence-electron chi connectivity index (χ3n) is 4.66. The van der Waals surface area contributed by atoms with E-state index in [2.05, 4.69) is 24.1 Å². The molecule has 0 fully saturated rings. The lowest BCUT2D eigenvalue weighted by molar-refractivity contribution is 0.0925. The summed E-state index contributed by atoms with van der Waals surface area (Å²) < 4.78 is 11.3. The van der Waals surface area contributed by atoms with Gasteiger partial charge in [0, 0.05) is 28.3 Å². The molecule has 0 spiro atoms. The average molecular weight is 407 g/mol. The summed E-state index contributed by atoms with van der Waals surface area (Å²) in [6.07, 6.45) is 0. The Hall–Kier alpha value is -3.12. The molecule has 6 heteroatoms. The minimum Gasteiger partial charge on any atom is -0.497 e. The van der Waals surface area contributed by atoms with E-state index < -0.39 is 0 Å². The van der Waals surface area contributed by atoms with Crippen molar-refractivity contribution in [1.82, 2.24) is 10.3 Å². The van der Waals surface area contributed by atoms with Crippen molar-refractivity contribution in [1.29, 1.82) is 0 Å². The molecule has 0 aliphatic carbocycles. The van der Waals surface area contributed by atoms with Gasteiger partial charge in [-0.3, -0.25) is 4.79 Å². The van der Waals surface area contributed by atoms with Crippen molar-refractivity contribution in [2.45, 2.75) is 26.3 Å². The van der Waals surface area contributed by atoms with E-state index in [0.29, 0.717) is 29.6 Å². The lowest BCUT2D eigenvalue weighted by atomic mass is 10.0. The molecule has 0 aliphatic heterocycles. The Balaban J connectivity index is 1.68. The molecule has 2 heterocycles. The number of fused-ring (bicyclic) bond motifs is 1. The van der Waals surface area contributed by atoms with Crippen LogP contribution in [0.25, 0.3) is 22.1 Å². The van der Waals surface area contributed by atoms with Crippen LogP contribution in [0, 0.1) is 0 Å². The summed E-state index contributed by atoms with van der Waals surface area (Å²) in [5, 5.41) is 6.87. The molecule has 0 saturated heterocycles. The number of carbonyl (C=O) groups excluding carboxylic acids is 1. The van der Waals surface area contributed by atoms with Crippen LogP contribution in [-0.4, -0.2) is 18.0 Å². The Kier molecular flexibility index (Phi) is 5.36. The molecule has 2 aromatic heterocycles. The van der Waals surface area contributed by atoms with Crippen molar-refractivity contribution < 1.29 is 13.9 Å². The third-order valence-corrected chi connectivity index (χ3v) is 5.85. The molecule has 5 nitrogen and oxygen atoms in total. The predicted molar refractivity (Wildman–Crippen MR) is 116 cm³/mol. The number of rotatable bonds is 6. The molecule has 4 aromatic rings. The summed E-state index contributed by atoms with van der Waals surface area (Å²) in [6.45, 7) is 4.57. The van der Waals surface area contributed by atoms with E-state index in [1.165, 1.54) is 0 Å². The van der Waals surface area contributed by atoms with E-state index in [-0.39, 0.29) is 5.91 Å². The van der Waals surface area contributed by atoms with Gasteiger partial charge in [-0.1, -0.05) is 44.2 Å². The van der Waals surface area contributed by atoms with Gasteiger partial charge in [-0.15, -0.1) is 11.3 Å². The highest BCUT2D eigenvalue weighted by molar-refractivity contribution is 7.09. The van der Waals surface area contributed by atoms with Crippen molar-refractivity contribution in [3.63, 3.8) is 0 Å². The monoisotopic (exact) mass is 406 g/mol.